The van der Waals surface area contributed by atoms with Gasteiger partial charge in [-0.1, -0.05) is 0 Å². The number of nitrogens with two attached hydrogens (primary N) is 1. The third-order valence-corrected chi connectivity index (χ3v) is 2.76. The summed E-state index contributed by atoms with van der Waals surface area (Å²) in [4.78, 5) is 4.37. The maximum absolute atomic E-state index is 5.81. The van der Waals surface area contributed by atoms with Crippen molar-refractivity contribution in [3.05, 3.63) is 17.5 Å². The largest absolute Gasteiger partial charge is 0.387 e. The van der Waals surface area contributed by atoms with Gasteiger partial charge in [0.1, 0.15) is 0 Å². The van der Waals surface area contributed by atoms with Crippen molar-refractivity contribution < 1.29 is 0 Å². The summed E-state index contributed by atoms with van der Waals surface area (Å²) in [7, 11) is 1.94. The van der Waals surface area contributed by atoms with Gasteiger partial charge < -0.3 is 5.73 Å². The molecule has 0 aromatic carbocycles. The lowest BCUT2D eigenvalue weighted by atomic mass is 10.2. The lowest BCUT2D eigenvalue weighted by molar-refractivity contribution is 0.737. The molecular weight excluding hydrogens is 176 g/mol. The minimum atomic E-state index is 0.562. The van der Waals surface area contributed by atoms with Gasteiger partial charge in [-0.3, -0.25) is 9.67 Å². The van der Waals surface area contributed by atoms with Crippen LogP contribution in [0.3, 0.4) is 0 Å². The topological polar surface area (TPSA) is 56.2 Å². The van der Waals surface area contributed by atoms with E-state index in [0.717, 1.165) is 17.1 Å². The predicted octanol–water partition coefficient (Wildman–Crippen LogP) is 0.996. The third kappa shape index (κ3) is 1.78. The number of nitrogens with zero attached hydrogens (tertiary/aromatic N) is 3. The molecule has 0 saturated heterocycles. The van der Waals surface area contributed by atoms with Crippen LogP contribution >= 0.6 is 0 Å². The Morgan fingerprint density at radius 3 is 2.93 bits per heavy atom. The molecule has 76 valence electrons. The fraction of sp³-hybridized carbons (Fsp3) is 0.600. The molecule has 0 bridgehead atoms. The van der Waals surface area contributed by atoms with Crippen molar-refractivity contribution in [2.24, 2.45) is 23.7 Å². The highest BCUT2D eigenvalue weighted by atomic mass is 15.3. The normalized spacial score (nSPS) is 17.4. The lowest BCUT2D eigenvalue weighted by Gasteiger charge is -1.98. The van der Waals surface area contributed by atoms with Crippen molar-refractivity contribution in [1.29, 1.82) is 0 Å². The average Bonchev–Trinajstić information content (AvgIpc) is 2.95. The van der Waals surface area contributed by atoms with Crippen LogP contribution in [-0.2, 0) is 13.6 Å². The van der Waals surface area contributed by atoms with Crippen molar-refractivity contribution in [3.8, 4) is 0 Å². The van der Waals surface area contributed by atoms with E-state index in [1.165, 1.54) is 12.8 Å². The van der Waals surface area contributed by atoms with Gasteiger partial charge in [0.25, 0.3) is 0 Å². The van der Waals surface area contributed by atoms with E-state index in [1.807, 2.05) is 24.9 Å². The fourth-order valence-electron chi connectivity index (χ4n) is 1.38. The summed E-state index contributed by atoms with van der Waals surface area (Å²) in [5.41, 5.74) is 8.13. The van der Waals surface area contributed by atoms with Gasteiger partial charge in [-0.2, -0.15) is 5.10 Å². The first-order valence-corrected chi connectivity index (χ1v) is 4.95. The summed E-state index contributed by atoms with van der Waals surface area (Å²) in [5, 5.41) is 4.16. The van der Waals surface area contributed by atoms with Crippen molar-refractivity contribution >= 4 is 5.84 Å². The molecule has 4 heteroatoms. The van der Waals surface area contributed by atoms with Crippen LogP contribution < -0.4 is 5.73 Å². The molecule has 2 N–H and O–H groups in total. The molecule has 0 atom stereocenters. The second-order valence-corrected chi connectivity index (χ2v) is 3.89. The second-order valence-electron chi connectivity index (χ2n) is 3.89. The minimum Gasteiger partial charge on any atom is -0.387 e. The Hall–Kier alpha value is -1.32. The smallest absolute Gasteiger partial charge is 0.0972 e. The van der Waals surface area contributed by atoms with Crippen LogP contribution in [0, 0.1) is 12.8 Å². The molecule has 4 nitrogen and oxygen atoms in total. The van der Waals surface area contributed by atoms with Crippen LogP contribution in [0.25, 0.3) is 0 Å². The van der Waals surface area contributed by atoms with Crippen LogP contribution in [0.15, 0.2) is 11.2 Å². The molecule has 0 radical (unpaired) electrons. The Kier molecular flexibility index (Phi) is 2.27. The van der Waals surface area contributed by atoms with Gasteiger partial charge >= 0.3 is 0 Å². The molecule has 14 heavy (non-hydrogen) atoms. The summed E-state index contributed by atoms with van der Waals surface area (Å²) in [6.45, 7) is 2.72. The van der Waals surface area contributed by atoms with E-state index in [-0.39, 0.29) is 0 Å². The zero-order chi connectivity index (χ0) is 10.1. The summed E-state index contributed by atoms with van der Waals surface area (Å²) < 4.78 is 1.86. The first-order valence-electron chi connectivity index (χ1n) is 4.95. The van der Waals surface area contributed by atoms with Crippen LogP contribution in [0.2, 0.25) is 0 Å². The summed E-state index contributed by atoms with van der Waals surface area (Å²) in [5.74, 6) is 1.38. The van der Waals surface area contributed by atoms with Gasteiger partial charge in [-0.05, 0) is 19.8 Å². The number of hydrogen-bond donors (Lipinski definition) is 1. The standard InChI is InChI=1S/C10H16N4/c1-7-9(6-13-14(7)2)5-12-10(11)8-3-4-8/h6,8H,3-5H2,1-2H3,(H2,11,12). The van der Waals surface area contributed by atoms with Crippen molar-refractivity contribution in [1.82, 2.24) is 9.78 Å². The van der Waals surface area contributed by atoms with E-state index in [2.05, 4.69) is 10.1 Å². The number of aliphatic imine (C=N–C) groups is 1. The SMILES string of the molecule is Cc1c(CN=C(N)C2CC2)cnn1C. The van der Waals surface area contributed by atoms with Gasteiger partial charge in [-0.25, -0.2) is 0 Å². The zero-order valence-electron chi connectivity index (χ0n) is 8.70. The maximum Gasteiger partial charge on any atom is 0.0972 e. The van der Waals surface area contributed by atoms with Crippen LogP contribution in [-0.4, -0.2) is 15.6 Å². The molecule has 0 unspecified atom stereocenters. The number of aromatic nitrogens is 2. The van der Waals surface area contributed by atoms with Crippen molar-refractivity contribution in [2.75, 3.05) is 0 Å². The van der Waals surface area contributed by atoms with E-state index in [1.54, 1.807) is 0 Å². The second kappa shape index (κ2) is 3.44. The lowest BCUT2D eigenvalue weighted by Crippen LogP contribution is -2.14. The molecule has 0 aliphatic heterocycles. The number of aryl methyl sites for hydroxylation is 1. The van der Waals surface area contributed by atoms with Gasteiger partial charge in [-0.15, -0.1) is 0 Å². The van der Waals surface area contributed by atoms with Crippen LogP contribution in [0.1, 0.15) is 24.1 Å². The Morgan fingerprint density at radius 1 is 1.71 bits per heavy atom. The van der Waals surface area contributed by atoms with Crippen LogP contribution in [0.5, 0.6) is 0 Å². The van der Waals surface area contributed by atoms with E-state index < -0.39 is 0 Å². The quantitative estimate of drug-likeness (QED) is 0.573. The van der Waals surface area contributed by atoms with Crippen molar-refractivity contribution in [3.63, 3.8) is 0 Å². The van der Waals surface area contributed by atoms with Gasteiger partial charge in [0.2, 0.25) is 0 Å². The monoisotopic (exact) mass is 192 g/mol. The fourth-order valence-corrected chi connectivity index (χ4v) is 1.38. The molecule has 1 aliphatic carbocycles. The number of rotatable bonds is 3. The Labute approximate surface area is 83.8 Å². The van der Waals surface area contributed by atoms with Crippen molar-refractivity contribution in [2.45, 2.75) is 26.3 Å². The predicted molar refractivity (Wildman–Crippen MR) is 56.0 cm³/mol. The maximum atomic E-state index is 5.81. The third-order valence-electron chi connectivity index (χ3n) is 2.76. The summed E-state index contributed by atoms with van der Waals surface area (Å²) in [6, 6.07) is 0. The average molecular weight is 192 g/mol. The summed E-state index contributed by atoms with van der Waals surface area (Å²) in [6.07, 6.45) is 4.28. The Bertz CT molecular complexity index is 360. The highest BCUT2D eigenvalue weighted by Crippen LogP contribution is 2.28. The van der Waals surface area contributed by atoms with E-state index >= 15 is 0 Å². The molecule has 1 aliphatic rings. The minimum absolute atomic E-state index is 0.562. The molecule has 1 fully saturated rings. The van der Waals surface area contributed by atoms with Crippen LogP contribution in [0.4, 0.5) is 0 Å². The molecule has 1 heterocycles. The van der Waals surface area contributed by atoms with E-state index in [9.17, 15) is 0 Å². The van der Waals surface area contributed by atoms with E-state index in [4.69, 9.17) is 5.73 Å². The highest BCUT2D eigenvalue weighted by molar-refractivity contribution is 5.84. The Balaban J connectivity index is 2.03. The zero-order valence-corrected chi connectivity index (χ0v) is 8.70. The molecule has 2 rings (SSSR count). The first-order chi connectivity index (χ1) is 6.68. The Morgan fingerprint density at radius 2 is 2.43 bits per heavy atom. The first kappa shape index (κ1) is 9.24. The van der Waals surface area contributed by atoms with Gasteiger partial charge in [0, 0.05) is 24.2 Å². The molecular formula is C10H16N4. The van der Waals surface area contributed by atoms with Gasteiger partial charge in [0.15, 0.2) is 0 Å². The molecule has 1 saturated carbocycles. The van der Waals surface area contributed by atoms with E-state index in [0.29, 0.717) is 12.5 Å². The molecule has 0 spiro atoms. The molecule has 1 aromatic heterocycles. The molecule has 0 amide bonds. The van der Waals surface area contributed by atoms with Gasteiger partial charge in [0.05, 0.1) is 18.6 Å². The summed E-state index contributed by atoms with van der Waals surface area (Å²) >= 11 is 0. The molecule has 1 aromatic rings. The number of hydrogen-bond acceptors (Lipinski definition) is 2. The number of amidine groups is 1. The highest BCUT2D eigenvalue weighted by Gasteiger charge is 2.25.